The number of morpholine rings is 1. The van der Waals surface area contributed by atoms with Gasteiger partial charge in [-0.05, 0) is 36.4 Å². The summed E-state index contributed by atoms with van der Waals surface area (Å²) in [7, 11) is 0. The number of carbonyl (C=O) groups is 2. The monoisotopic (exact) mass is 431 g/mol. The van der Waals surface area contributed by atoms with Crippen LogP contribution < -0.4 is 20.3 Å². The molecule has 0 bridgehead atoms. The van der Waals surface area contributed by atoms with Gasteiger partial charge in [0, 0.05) is 37.7 Å². The first-order valence-electron chi connectivity index (χ1n) is 9.91. The number of ether oxygens (including phenoxy) is 2. The minimum absolute atomic E-state index is 0. The zero-order chi connectivity index (χ0) is 20.1. The molecule has 0 saturated carbocycles. The van der Waals surface area contributed by atoms with Crippen LogP contribution in [-0.2, 0) is 14.3 Å². The molecule has 2 atom stereocenters. The number of para-hydroxylation sites is 1. The molecule has 7 nitrogen and oxygen atoms in total. The Morgan fingerprint density at radius 1 is 1.13 bits per heavy atom. The lowest BCUT2D eigenvalue weighted by atomic mass is 10.1. The summed E-state index contributed by atoms with van der Waals surface area (Å²) >= 11 is 0. The molecule has 2 saturated heterocycles. The van der Waals surface area contributed by atoms with Gasteiger partial charge in [-0.3, -0.25) is 9.59 Å². The van der Waals surface area contributed by atoms with Crippen LogP contribution in [0.3, 0.4) is 0 Å². The van der Waals surface area contributed by atoms with Gasteiger partial charge < -0.3 is 25.0 Å². The molecule has 8 heteroatoms. The van der Waals surface area contributed by atoms with E-state index >= 15 is 0 Å². The fourth-order valence-electron chi connectivity index (χ4n) is 3.63. The van der Waals surface area contributed by atoms with E-state index in [-0.39, 0.29) is 36.3 Å². The predicted octanol–water partition coefficient (Wildman–Crippen LogP) is 2.50. The van der Waals surface area contributed by atoms with Gasteiger partial charge in [-0.2, -0.15) is 0 Å². The standard InChI is InChI=1S/C22H25N3O4.ClH/c26-21(12-17-15-28-11-10-23-17)24-16-13-22(27)25(14-16)18-6-8-20(9-7-18)29-19-4-2-1-3-5-19;/h1-9,16-17,23H,10-15H2,(H,24,26);1H. The average molecular weight is 432 g/mol. The van der Waals surface area contributed by atoms with Gasteiger partial charge in [0.2, 0.25) is 11.8 Å². The van der Waals surface area contributed by atoms with Crippen molar-refractivity contribution in [3.63, 3.8) is 0 Å². The van der Waals surface area contributed by atoms with Gasteiger partial charge in [0.05, 0.1) is 19.3 Å². The molecular formula is C22H26ClN3O4. The number of carbonyl (C=O) groups excluding carboxylic acids is 2. The van der Waals surface area contributed by atoms with E-state index in [1.54, 1.807) is 4.90 Å². The van der Waals surface area contributed by atoms with Gasteiger partial charge >= 0.3 is 0 Å². The molecule has 30 heavy (non-hydrogen) atoms. The molecule has 0 spiro atoms. The third kappa shape index (κ3) is 5.72. The van der Waals surface area contributed by atoms with E-state index < -0.39 is 0 Å². The van der Waals surface area contributed by atoms with Crippen LogP contribution in [0.1, 0.15) is 12.8 Å². The maximum Gasteiger partial charge on any atom is 0.229 e. The van der Waals surface area contributed by atoms with E-state index in [0.29, 0.717) is 38.3 Å². The number of hydrogen-bond acceptors (Lipinski definition) is 5. The van der Waals surface area contributed by atoms with E-state index in [0.717, 1.165) is 18.0 Å². The topological polar surface area (TPSA) is 79.9 Å². The van der Waals surface area contributed by atoms with Crippen molar-refractivity contribution < 1.29 is 19.1 Å². The van der Waals surface area contributed by atoms with Crippen molar-refractivity contribution in [3.8, 4) is 11.5 Å². The highest BCUT2D eigenvalue weighted by atomic mass is 35.5. The van der Waals surface area contributed by atoms with Crippen LogP contribution in [-0.4, -0.2) is 50.2 Å². The van der Waals surface area contributed by atoms with Crippen LogP contribution >= 0.6 is 12.4 Å². The molecule has 160 valence electrons. The first kappa shape index (κ1) is 22.1. The van der Waals surface area contributed by atoms with Crippen molar-refractivity contribution in [2.75, 3.05) is 31.2 Å². The first-order valence-corrected chi connectivity index (χ1v) is 9.91. The largest absolute Gasteiger partial charge is 0.457 e. The number of benzene rings is 2. The zero-order valence-corrected chi connectivity index (χ0v) is 17.4. The van der Waals surface area contributed by atoms with E-state index in [1.807, 2.05) is 54.6 Å². The number of anilines is 1. The third-order valence-electron chi connectivity index (χ3n) is 5.05. The number of nitrogens with zero attached hydrogens (tertiary/aromatic N) is 1. The van der Waals surface area contributed by atoms with E-state index in [4.69, 9.17) is 9.47 Å². The molecule has 0 aliphatic carbocycles. The molecule has 2 aliphatic heterocycles. The zero-order valence-electron chi connectivity index (χ0n) is 16.6. The van der Waals surface area contributed by atoms with Gasteiger partial charge in [0.15, 0.2) is 0 Å². The second-order valence-electron chi connectivity index (χ2n) is 7.31. The molecule has 2 aromatic carbocycles. The Morgan fingerprint density at radius 2 is 1.87 bits per heavy atom. The fraction of sp³-hybridized carbons (Fsp3) is 0.364. The van der Waals surface area contributed by atoms with Gasteiger partial charge in [-0.15, -0.1) is 12.4 Å². The van der Waals surface area contributed by atoms with Crippen LogP contribution in [0.5, 0.6) is 11.5 Å². The molecule has 2 fully saturated rings. The smallest absolute Gasteiger partial charge is 0.229 e. The third-order valence-corrected chi connectivity index (χ3v) is 5.05. The van der Waals surface area contributed by atoms with Crippen LogP contribution in [0.15, 0.2) is 54.6 Å². The fourth-order valence-corrected chi connectivity index (χ4v) is 3.63. The Labute approximate surface area is 182 Å². The average Bonchev–Trinajstić information content (AvgIpc) is 3.10. The normalized spacial score (nSPS) is 21.1. The van der Waals surface area contributed by atoms with Crippen molar-refractivity contribution in [2.45, 2.75) is 24.9 Å². The molecule has 2 amide bonds. The number of rotatable bonds is 6. The van der Waals surface area contributed by atoms with Gasteiger partial charge in [-0.1, -0.05) is 18.2 Å². The van der Waals surface area contributed by atoms with Crippen LogP contribution in [0, 0.1) is 0 Å². The van der Waals surface area contributed by atoms with Crippen molar-refractivity contribution >= 4 is 29.9 Å². The number of halogens is 1. The number of hydrogen-bond donors (Lipinski definition) is 2. The Hall–Kier alpha value is -2.61. The van der Waals surface area contributed by atoms with E-state index in [2.05, 4.69) is 10.6 Å². The lowest BCUT2D eigenvalue weighted by Gasteiger charge is -2.24. The van der Waals surface area contributed by atoms with Crippen molar-refractivity contribution in [1.29, 1.82) is 0 Å². The lowest BCUT2D eigenvalue weighted by molar-refractivity contribution is -0.122. The Morgan fingerprint density at radius 3 is 2.57 bits per heavy atom. The highest BCUT2D eigenvalue weighted by molar-refractivity contribution is 5.96. The van der Waals surface area contributed by atoms with Gasteiger partial charge in [0.25, 0.3) is 0 Å². The molecule has 2 heterocycles. The quantitative estimate of drug-likeness (QED) is 0.734. The minimum atomic E-state index is -0.181. The summed E-state index contributed by atoms with van der Waals surface area (Å²) in [6.45, 7) is 2.45. The predicted molar refractivity (Wildman–Crippen MR) is 116 cm³/mol. The molecule has 2 unspecified atom stereocenters. The Kier molecular flexibility index (Phi) is 7.68. The molecule has 2 aromatic rings. The van der Waals surface area contributed by atoms with E-state index in [9.17, 15) is 9.59 Å². The van der Waals surface area contributed by atoms with Crippen LogP contribution in [0.25, 0.3) is 0 Å². The maximum absolute atomic E-state index is 12.4. The summed E-state index contributed by atoms with van der Waals surface area (Å²) in [6, 6.07) is 16.8. The van der Waals surface area contributed by atoms with Crippen LogP contribution in [0.4, 0.5) is 5.69 Å². The molecular weight excluding hydrogens is 406 g/mol. The SMILES string of the molecule is Cl.O=C(CC1COCCN1)NC1CC(=O)N(c2ccc(Oc3ccccc3)cc2)C1. The Balaban J connectivity index is 0.00000256. The first-order chi connectivity index (χ1) is 14.2. The van der Waals surface area contributed by atoms with E-state index in [1.165, 1.54) is 0 Å². The molecule has 0 aromatic heterocycles. The summed E-state index contributed by atoms with van der Waals surface area (Å²) in [5, 5.41) is 6.24. The van der Waals surface area contributed by atoms with Crippen molar-refractivity contribution in [1.82, 2.24) is 10.6 Å². The summed E-state index contributed by atoms with van der Waals surface area (Å²) in [6.07, 6.45) is 0.665. The second-order valence-corrected chi connectivity index (χ2v) is 7.31. The highest BCUT2D eigenvalue weighted by Gasteiger charge is 2.32. The van der Waals surface area contributed by atoms with Crippen molar-refractivity contribution in [2.24, 2.45) is 0 Å². The summed E-state index contributed by atoms with van der Waals surface area (Å²) in [5.41, 5.74) is 0.800. The molecule has 4 rings (SSSR count). The summed E-state index contributed by atoms with van der Waals surface area (Å²) in [5.74, 6) is 1.42. The number of amides is 2. The van der Waals surface area contributed by atoms with Crippen molar-refractivity contribution in [3.05, 3.63) is 54.6 Å². The Bertz CT molecular complexity index is 841. The maximum atomic E-state index is 12.4. The summed E-state index contributed by atoms with van der Waals surface area (Å²) in [4.78, 5) is 26.4. The summed E-state index contributed by atoms with van der Waals surface area (Å²) < 4.78 is 11.2. The lowest BCUT2D eigenvalue weighted by Crippen LogP contribution is -2.46. The van der Waals surface area contributed by atoms with Gasteiger partial charge in [-0.25, -0.2) is 0 Å². The van der Waals surface area contributed by atoms with Gasteiger partial charge in [0.1, 0.15) is 11.5 Å². The highest BCUT2D eigenvalue weighted by Crippen LogP contribution is 2.27. The molecule has 2 N–H and O–H groups in total. The molecule has 2 aliphatic rings. The second kappa shape index (κ2) is 10.4. The number of nitrogens with one attached hydrogen (secondary N) is 2. The van der Waals surface area contributed by atoms with Crippen LogP contribution in [0.2, 0.25) is 0 Å². The molecule has 0 radical (unpaired) electrons. The minimum Gasteiger partial charge on any atom is -0.457 e.